The van der Waals surface area contributed by atoms with Crippen molar-refractivity contribution in [3.63, 3.8) is 0 Å². The third kappa shape index (κ3) is 4.96. The van der Waals surface area contributed by atoms with E-state index in [1.165, 1.54) is 18.5 Å². The molecule has 3 heterocycles. The summed E-state index contributed by atoms with van der Waals surface area (Å²) < 4.78 is 35.9. The second-order valence-corrected chi connectivity index (χ2v) is 7.74. The van der Waals surface area contributed by atoms with Crippen molar-refractivity contribution in [1.82, 2.24) is 24.0 Å². The van der Waals surface area contributed by atoms with Crippen LogP contribution in [-0.2, 0) is 18.9 Å². The predicted octanol–water partition coefficient (Wildman–Crippen LogP) is 0.668. The second kappa shape index (κ2) is 9.74. The number of para-hydroxylation sites is 1. The first-order valence-electron chi connectivity index (χ1n) is 10.4. The highest BCUT2D eigenvalue weighted by atomic mass is 19.4. The van der Waals surface area contributed by atoms with E-state index in [0.717, 1.165) is 17.7 Å². The van der Waals surface area contributed by atoms with Crippen LogP contribution in [-0.4, -0.2) is 67.9 Å². The number of nitrogens with one attached hydrogen (secondary N) is 1. The molecular formula is C21H23F3N6O5. The van der Waals surface area contributed by atoms with Crippen LogP contribution in [0.15, 0.2) is 33.9 Å². The van der Waals surface area contributed by atoms with Crippen LogP contribution in [0.4, 0.5) is 19.1 Å². The molecule has 35 heavy (non-hydrogen) atoms. The van der Waals surface area contributed by atoms with Crippen LogP contribution < -0.4 is 21.5 Å². The van der Waals surface area contributed by atoms with E-state index in [0.29, 0.717) is 35.9 Å². The summed E-state index contributed by atoms with van der Waals surface area (Å²) in [4.78, 5) is 53.4. The number of aromatic nitrogens is 4. The molecule has 188 valence electrons. The Morgan fingerprint density at radius 2 is 1.63 bits per heavy atom. The van der Waals surface area contributed by atoms with Gasteiger partial charge in [-0.25, -0.2) is 9.59 Å². The van der Waals surface area contributed by atoms with Crippen LogP contribution in [0.2, 0.25) is 0 Å². The summed E-state index contributed by atoms with van der Waals surface area (Å²) in [5.41, 5.74) is 0.793. The molecule has 0 spiro atoms. The smallest absolute Gasteiger partial charge is 0.475 e. The SMILES string of the molecule is CC(=O)c1ccccc1-n1c(N2CCNCC2)nc2c1c(=O)n(C)c(=O)n2C.O=C(O)C(F)(F)F. The zero-order chi connectivity index (χ0) is 26.1. The van der Waals surface area contributed by atoms with Crippen molar-refractivity contribution in [1.29, 1.82) is 0 Å². The number of benzene rings is 1. The number of aryl methyl sites for hydroxylation is 1. The molecule has 0 radical (unpaired) electrons. The summed E-state index contributed by atoms with van der Waals surface area (Å²) in [6.45, 7) is 4.49. The van der Waals surface area contributed by atoms with Gasteiger partial charge in [-0.3, -0.25) is 23.3 Å². The Bertz CT molecular complexity index is 1400. The summed E-state index contributed by atoms with van der Waals surface area (Å²) >= 11 is 0. The third-order valence-corrected chi connectivity index (χ3v) is 5.41. The van der Waals surface area contributed by atoms with Crippen molar-refractivity contribution in [2.45, 2.75) is 13.1 Å². The van der Waals surface area contributed by atoms with Crippen LogP contribution >= 0.6 is 0 Å². The molecule has 0 saturated carbocycles. The molecule has 1 aliphatic rings. The number of carboxylic acids is 1. The summed E-state index contributed by atoms with van der Waals surface area (Å²) in [5, 5.41) is 10.4. The quantitative estimate of drug-likeness (QED) is 0.506. The number of halogens is 3. The van der Waals surface area contributed by atoms with Crippen molar-refractivity contribution in [2.75, 3.05) is 31.1 Å². The lowest BCUT2D eigenvalue weighted by Crippen LogP contribution is -2.44. The van der Waals surface area contributed by atoms with Gasteiger partial charge in [0.2, 0.25) is 5.95 Å². The molecule has 1 saturated heterocycles. The van der Waals surface area contributed by atoms with Crippen molar-refractivity contribution in [3.8, 4) is 5.69 Å². The average Bonchev–Trinajstić information content (AvgIpc) is 3.22. The molecule has 0 unspecified atom stereocenters. The Morgan fingerprint density at radius 3 is 2.17 bits per heavy atom. The number of anilines is 1. The zero-order valence-corrected chi connectivity index (χ0v) is 19.1. The number of carbonyl (C=O) groups is 2. The van der Waals surface area contributed by atoms with Crippen molar-refractivity contribution >= 4 is 28.9 Å². The van der Waals surface area contributed by atoms with E-state index in [-0.39, 0.29) is 11.3 Å². The van der Waals surface area contributed by atoms with E-state index in [2.05, 4.69) is 15.2 Å². The fourth-order valence-electron chi connectivity index (χ4n) is 3.66. The molecule has 3 aromatic rings. The van der Waals surface area contributed by atoms with Gasteiger partial charge in [0.15, 0.2) is 16.9 Å². The molecule has 1 aromatic carbocycles. The van der Waals surface area contributed by atoms with Gasteiger partial charge in [-0.05, 0) is 19.1 Å². The molecule has 11 nitrogen and oxygen atoms in total. The number of imidazole rings is 1. The maximum Gasteiger partial charge on any atom is 0.490 e. The molecule has 1 aliphatic heterocycles. The van der Waals surface area contributed by atoms with Gasteiger partial charge in [-0.1, -0.05) is 12.1 Å². The number of hydrogen-bond acceptors (Lipinski definition) is 7. The number of rotatable bonds is 3. The Labute approximate surface area is 196 Å². The first-order chi connectivity index (χ1) is 16.4. The molecule has 2 aromatic heterocycles. The predicted molar refractivity (Wildman–Crippen MR) is 120 cm³/mol. The second-order valence-electron chi connectivity index (χ2n) is 7.74. The highest BCUT2D eigenvalue weighted by Gasteiger charge is 2.38. The fourth-order valence-corrected chi connectivity index (χ4v) is 3.66. The Hall–Kier alpha value is -3.94. The molecule has 0 amide bonds. The van der Waals surface area contributed by atoms with Gasteiger partial charge in [-0.15, -0.1) is 0 Å². The Morgan fingerprint density at radius 1 is 1.06 bits per heavy atom. The standard InChI is InChI=1S/C19H22N6O3.C2HF3O2/c1-12(26)13-6-4-5-7-14(13)25-15-16(22(2)19(28)23(3)17(15)27)21-18(25)24-10-8-20-9-11-24;3-2(4,5)1(6)7/h4-7,20H,8-11H2,1-3H3;(H,6,7). The Kier molecular flexibility index (Phi) is 7.14. The highest BCUT2D eigenvalue weighted by Crippen LogP contribution is 2.27. The molecule has 14 heteroatoms. The third-order valence-electron chi connectivity index (χ3n) is 5.41. The first kappa shape index (κ1) is 25.7. The number of hydrogen-bond donors (Lipinski definition) is 2. The van der Waals surface area contributed by atoms with Crippen molar-refractivity contribution < 1.29 is 27.9 Å². The van der Waals surface area contributed by atoms with E-state index >= 15 is 0 Å². The number of piperazine rings is 1. The molecule has 0 bridgehead atoms. The molecule has 2 N–H and O–H groups in total. The zero-order valence-electron chi connectivity index (χ0n) is 19.1. The minimum Gasteiger partial charge on any atom is -0.475 e. The van der Waals surface area contributed by atoms with Crippen LogP contribution in [0.5, 0.6) is 0 Å². The van der Waals surface area contributed by atoms with Crippen LogP contribution in [0.25, 0.3) is 16.9 Å². The van der Waals surface area contributed by atoms with Gasteiger partial charge in [0.05, 0.1) is 5.69 Å². The van der Waals surface area contributed by atoms with E-state index in [1.54, 1.807) is 29.8 Å². The number of nitrogens with zero attached hydrogens (tertiary/aromatic N) is 5. The van der Waals surface area contributed by atoms with E-state index in [9.17, 15) is 27.6 Å². The monoisotopic (exact) mass is 496 g/mol. The molecule has 1 fully saturated rings. The molecule has 4 rings (SSSR count). The van der Waals surface area contributed by atoms with Gasteiger partial charge < -0.3 is 15.3 Å². The summed E-state index contributed by atoms with van der Waals surface area (Å²) in [6, 6.07) is 7.14. The van der Waals surface area contributed by atoms with Gasteiger partial charge >= 0.3 is 17.8 Å². The number of Topliss-reactive ketones (excluding diaryl/α,β-unsaturated/α-hetero) is 1. The number of aliphatic carboxylic acids is 1. The molecule has 0 atom stereocenters. The lowest BCUT2D eigenvalue weighted by molar-refractivity contribution is -0.192. The number of alkyl halides is 3. The topological polar surface area (TPSA) is 131 Å². The maximum absolute atomic E-state index is 13.0. The fraction of sp³-hybridized carbons (Fsp3) is 0.381. The number of carboxylic acid groups (broad SMARTS) is 1. The maximum atomic E-state index is 13.0. The van der Waals surface area contributed by atoms with Gasteiger partial charge in [-0.2, -0.15) is 18.2 Å². The normalized spacial score (nSPS) is 13.9. The Balaban J connectivity index is 0.000000429. The molecular weight excluding hydrogens is 473 g/mol. The lowest BCUT2D eigenvalue weighted by Gasteiger charge is -2.29. The van der Waals surface area contributed by atoms with Crippen molar-refractivity contribution in [2.24, 2.45) is 14.1 Å². The van der Waals surface area contributed by atoms with Gasteiger partial charge in [0.25, 0.3) is 5.56 Å². The number of carbonyl (C=O) groups excluding carboxylic acids is 1. The first-order valence-corrected chi connectivity index (χ1v) is 10.4. The lowest BCUT2D eigenvalue weighted by atomic mass is 10.1. The van der Waals surface area contributed by atoms with E-state index in [1.807, 2.05) is 6.07 Å². The molecule has 0 aliphatic carbocycles. The minimum absolute atomic E-state index is 0.106. The minimum atomic E-state index is -5.08. The van der Waals surface area contributed by atoms with Crippen molar-refractivity contribution in [3.05, 3.63) is 50.7 Å². The number of fused-ring (bicyclic) bond motifs is 1. The van der Waals surface area contributed by atoms with E-state index in [4.69, 9.17) is 9.90 Å². The summed E-state index contributed by atoms with van der Waals surface area (Å²) in [5.74, 6) is -2.30. The van der Waals surface area contributed by atoms with Gasteiger partial charge in [0.1, 0.15) is 0 Å². The number of ketones is 1. The van der Waals surface area contributed by atoms with Crippen LogP contribution in [0, 0.1) is 0 Å². The van der Waals surface area contributed by atoms with E-state index < -0.39 is 23.4 Å². The average molecular weight is 496 g/mol. The highest BCUT2D eigenvalue weighted by molar-refractivity contribution is 5.98. The largest absolute Gasteiger partial charge is 0.490 e. The van der Waals surface area contributed by atoms with Gasteiger partial charge in [0, 0.05) is 45.8 Å². The van der Waals surface area contributed by atoms with Crippen LogP contribution in [0.1, 0.15) is 17.3 Å². The van der Waals surface area contributed by atoms with Crippen LogP contribution in [0.3, 0.4) is 0 Å². The summed E-state index contributed by atoms with van der Waals surface area (Å²) in [6.07, 6.45) is -5.08. The summed E-state index contributed by atoms with van der Waals surface area (Å²) in [7, 11) is 3.04.